The summed E-state index contributed by atoms with van der Waals surface area (Å²) in [4.78, 5) is 12.0. The number of urea groups is 1. The van der Waals surface area contributed by atoms with Crippen molar-refractivity contribution in [2.24, 2.45) is 0 Å². The van der Waals surface area contributed by atoms with Crippen molar-refractivity contribution in [3.05, 3.63) is 58.6 Å². The second-order valence-corrected chi connectivity index (χ2v) is 5.69. The third-order valence-electron chi connectivity index (χ3n) is 3.12. The van der Waals surface area contributed by atoms with Gasteiger partial charge in [0.1, 0.15) is 0 Å². The Kier molecular flexibility index (Phi) is 5.62. The molecule has 0 spiro atoms. The summed E-state index contributed by atoms with van der Waals surface area (Å²) >= 11 is 11.3. The van der Waals surface area contributed by atoms with E-state index < -0.39 is 35.2 Å². The van der Waals surface area contributed by atoms with Crippen LogP contribution in [0.3, 0.4) is 0 Å². The van der Waals surface area contributed by atoms with Crippen LogP contribution in [-0.2, 0) is 12.4 Å². The van der Waals surface area contributed by atoms with Gasteiger partial charge in [0, 0.05) is 22.5 Å². The highest BCUT2D eigenvalue weighted by Crippen LogP contribution is 2.45. The average Bonchev–Trinajstić information content (AvgIpc) is 2.54. The topological polar surface area (TPSA) is 32.3 Å². The molecule has 0 saturated heterocycles. The number of amides is 2. The van der Waals surface area contributed by atoms with Gasteiger partial charge >= 0.3 is 18.4 Å². The van der Waals surface area contributed by atoms with Crippen molar-refractivity contribution in [3.63, 3.8) is 0 Å². The van der Waals surface area contributed by atoms with E-state index in [9.17, 15) is 31.1 Å². The second kappa shape index (κ2) is 7.24. The molecule has 2 rings (SSSR count). The third kappa shape index (κ3) is 4.53. The lowest BCUT2D eigenvalue weighted by atomic mass is 10.0. The van der Waals surface area contributed by atoms with Gasteiger partial charge in [0.25, 0.3) is 0 Å². The molecule has 2 aromatic rings. The second-order valence-electron chi connectivity index (χ2n) is 4.91. The summed E-state index contributed by atoms with van der Waals surface area (Å²) < 4.78 is 78.3. The van der Waals surface area contributed by atoms with E-state index in [1.807, 2.05) is 0 Å². The van der Waals surface area contributed by atoms with Crippen LogP contribution in [-0.4, -0.2) is 6.03 Å². The molecule has 3 nitrogen and oxygen atoms in total. The summed E-state index contributed by atoms with van der Waals surface area (Å²) in [6.45, 7) is 0. The number of rotatable bonds is 2. The molecular weight excluding hydrogens is 409 g/mol. The molecule has 0 heterocycles. The standard InChI is InChI=1S/C15H8Cl2F6N2O/c16-8-4-6-9(7-5-8)24-13(26)25(17)11-3-1-2-10(14(18,19)20)12(11)15(21,22)23/h1-7H,(H,24,26). The molecule has 0 aliphatic carbocycles. The fourth-order valence-corrected chi connectivity index (χ4v) is 2.36. The highest BCUT2D eigenvalue weighted by molar-refractivity contribution is 6.38. The summed E-state index contributed by atoms with van der Waals surface area (Å²) in [7, 11) is 0. The van der Waals surface area contributed by atoms with E-state index in [2.05, 4.69) is 5.32 Å². The number of carbonyl (C=O) groups excluding carboxylic acids is 1. The van der Waals surface area contributed by atoms with Gasteiger partial charge in [-0.1, -0.05) is 17.7 Å². The molecule has 0 fully saturated rings. The number of benzene rings is 2. The van der Waals surface area contributed by atoms with Gasteiger partial charge < -0.3 is 5.32 Å². The largest absolute Gasteiger partial charge is 0.419 e. The molecule has 0 unspecified atom stereocenters. The molecule has 26 heavy (non-hydrogen) atoms. The molecule has 2 aromatic carbocycles. The molecule has 0 atom stereocenters. The summed E-state index contributed by atoms with van der Waals surface area (Å²) in [6.07, 6.45) is -10.7. The van der Waals surface area contributed by atoms with Gasteiger partial charge in [0.15, 0.2) is 0 Å². The molecule has 11 heteroatoms. The minimum Gasteiger partial charge on any atom is -0.307 e. The van der Waals surface area contributed by atoms with Crippen LogP contribution in [0.5, 0.6) is 0 Å². The smallest absolute Gasteiger partial charge is 0.307 e. The first-order chi connectivity index (χ1) is 11.9. The van der Waals surface area contributed by atoms with Crippen molar-refractivity contribution in [2.45, 2.75) is 12.4 Å². The predicted molar refractivity (Wildman–Crippen MR) is 85.2 cm³/mol. The van der Waals surface area contributed by atoms with E-state index in [1.165, 1.54) is 24.3 Å². The van der Waals surface area contributed by atoms with Crippen LogP contribution in [0.2, 0.25) is 5.02 Å². The van der Waals surface area contributed by atoms with Crippen LogP contribution < -0.4 is 9.74 Å². The average molecular weight is 417 g/mol. The van der Waals surface area contributed by atoms with Crippen molar-refractivity contribution in [2.75, 3.05) is 9.74 Å². The van der Waals surface area contributed by atoms with Crippen molar-refractivity contribution in [1.82, 2.24) is 0 Å². The summed E-state index contributed by atoms with van der Waals surface area (Å²) in [5.74, 6) is 0. The lowest BCUT2D eigenvalue weighted by Gasteiger charge is -2.23. The van der Waals surface area contributed by atoms with Gasteiger partial charge in [-0.25, -0.2) is 9.21 Å². The minimum atomic E-state index is -5.39. The first-order valence-electron chi connectivity index (χ1n) is 6.71. The van der Waals surface area contributed by atoms with Crippen LogP contribution in [0.4, 0.5) is 42.5 Å². The molecule has 0 aliphatic heterocycles. The predicted octanol–water partition coefficient (Wildman–Crippen LogP) is 6.57. The van der Waals surface area contributed by atoms with Crippen molar-refractivity contribution < 1.29 is 31.1 Å². The Bertz CT molecular complexity index is 805. The van der Waals surface area contributed by atoms with Crippen molar-refractivity contribution >= 4 is 40.8 Å². The Balaban J connectivity index is 2.43. The lowest BCUT2D eigenvalue weighted by molar-refractivity contribution is -0.161. The fourth-order valence-electron chi connectivity index (χ4n) is 2.05. The molecule has 0 saturated carbocycles. The van der Waals surface area contributed by atoms with Gasteiger partial charge in [-0.15, -0.1) is 0 Å². The first kappa shape index (κ1) is 20.2. The van der Waals surface area contributed by atoms with Crippen LogP contribution in [0.1, 0.15) is 11.1 Å². The van der Waals surface area contributed by atoms with Crippen molar-refractivity contribution in [3.8, 4) is 0 Å². The zero-order chi connectivity index (χ0) is 19.7. The van der Waals surface area contributed by atoms with E-state index in [1.54, 1.807) is 0 Å². The maximum Gasteiger partial charge on any atom is 0.419 e. The van der Waals surface area contributed by atoms with Crippen molar-refractivity contribution in [1.29, 1.82) is 0 Å². The molecule has 1 N–H and O–H groups in total. The van der Waals surface area contributed by atoms with Crippen LogP contribution in [0.25, 0.3) is 0 Å². The number of alkyl halides is 6. The van der Waals surface area contributed by atoms with E-state index in [4.69, 9.17) is 23.4 Å². The monoisotopic (exact) mass is 416 g/mol. The number of hydrogen-bond donors (Lipinski definition) is 1. The normalized spacial score (nSPS) is 12.0. The number of nitrogens with one attached hydrogen (secondary N) is 1. The van der Waals surface area contributed by atoms with E-state index in [0.29, 0.717) is 11.1 Å². The Morgan fingerprint density at radius 3 is 2.00 bits per heavy atom. The van der Waals surface area contributed by atoms with Gasteiger partial charge in [-0.2, -0.15) is 26.3 Å². The molecule has 0 bridgehead atoms. The quantitative estimate of drug-likeness (QED) is 0.435. The number of hydrogen-bond acceptors (Lipinski definition) is 1. The van der Waals surface area contributed by atoms with Gasteiger partial charge in [0.2, 0.25) is 0 Å². The molecule has 2 amide bonds. The zero-order valence-electron chi connectivity index (χ0n) is 12.4. The number of anilines is 2. The van der Waals surface area contributed by atoms with Gasteiger partial charge in [0.05, 0.1) is 16.8 Å². The Hall–Kier alpha value is -2.13. The third-order valence-corrected chi connectivity index (χ3v) is 3.70. The highest BCUT2D eigenvalue weighted by atomic mass is 35.5. The summed E-state index contributed by atoms with van der Waals surface area (Å²) in [5.41, 5.74) is -5.03. The molecule has 0 aliphatic rings. The van der Waals surface area contributed by atoms with E-state index >= 15 is 0 Å². The maximum atomic E-state index is 13.2. The van der Waals surface area contributed by atoms with Crippen LogP contribution in [0.15, 0.2) is 42.5 Å². The summed E-state index contributed by atoms with van der Waals surface area (Å²) in [6, 6.07) is 5.81. The maximum absolute atomic E-state index is 13.2. The summed E-state index contributed by atoms with van der Waals surface area (Å²) in [5, 5.41) is 2.49. The highest BCUT2D eigenvalue weighted by Gasteiger charge is 2.46. The van der Waals surface area contributed by atoms with Crippen LogP contribution >= 0.6 is 23.4 Å². The van der Waals surface area contributed by atoms with Gasteiger partial charge in [-0.3, -0.25) is 0 Å². The zero-order valence-corrected chi connectivity index (χ0v) is 13.9. The minimum absolute atomic E-state index is 0.0628. The van der Waals surface area contributed by atoms with Gasteiger partial charge in [-0.05, 0) is 36.4 Å². The first-order valence-corrected chi connectivity index (χ1v) is 7.42. The number of halogens is 8. The van der Waals surface area contributed by atoms with E-state index in [0.717, 1.165) is 6.07 Å². The molecular formula is C15H8Cl2F6N2O. The lowest BCUT2D eigenvalue weighted by Crippen LogP contribution is -2.30. The Morgan fingerprint density at radius 2 is 1.50 bits per heavy atom. The van der Waals surface area contributed by atoms with Crippen LogP contribution in [0, 0.1) is 0 Å². The molecule has 0 aromatic heterocycles. The molecule has 140 valence electrons. The fraction of sp³-hybridized carbons (Fsp3) is 0.133. The number of carbonyl (C=O) groups is 1. The number of nitrogens with zero attached hydrogens (tertiary/aromatic N) is 1. The SMILES string of the molecule is O=C(Nc1ccc(Cl)cc1)N(Cl)c1cccc(C(F)(F)F)c1C(F)(F)F. The van der Waals surface area contributed by atoms with E-state index in [-0.39, 0.29) is 16.2 Å². The Morgan fingerprint density at radius 1 is 0.923 bits per heavy atom. The Labute approximate surface area is 153 Å². The molecule has 0 radical (unpaired) electrons.